The zero-order valence-corrected chi connectivity index (χ0v) is 11.2. The van der Waals surface area contributed by atoms with Gasteiger partial charge in [0.25, 0.3) is 0 Å². The Morgan fingerprint density at radius 1 is 1.29 bits per heavy atom. The SMILES string of the molecule is COCCNCCCN(C)c1cccc(C)c1. The smallest absolute Gasteiger partial charge is 0.0587 e. The summed E-state index contributed by atoms with van der Waals surface area (Å²) in [5, 5.41) is 3.35. The van der Waals surface area contributed by atoms with Gasteiger partial charge in [0.05, 0.1) is 6.61 Å². The molecule has 0 aromatic heterocycles. The second kappa shape index (κ2) is 8.09. The van der Waals surface area contributed by atoms with Crippen molar-refractivity contribution in [3.63, 3.8) is 0 Å². The normalized spacial score (nSPS) is 10.5. The number of hydrogen-bond donors (Lipinski definition) is 1. The van der Waals surface area contributed by atoms with Crippen LogP contribution in [-0.4, -0.2) is 40.4 Å². The predicted molar refractivity (Wildman–Crippen MR) is 73.8 cm³/mol. The van der Waals surface area contributed by atoms with Gasteiger partial charge in [-0.2, -0.15) is 0 Å². The van der Waals surface area contributed by atoms with E-state index in [4.69, 9.17) is 4.74 Å². The first-order valence-electron chi connectivity index (χ1n) is 6.21. The van der Waals surface area contributed by atoms with Crippen LogP contribution in [0, 0.1) is 6.92 Å². The molecule has 1 rings (SSSR count). The van der Waals surface area contributed by atoms with E-state index in [-0.39, 0.29) is 0 Å². The van der Waals surface area contributed by atoms with Crippen molar-refractivity contribution in [2.45, 2.75) is 13.3 Å². The first-order chi connectivity index (χ1) is 8.24. The molecule has 3 heteroatoms. The average Bonchev–Trinajstić information content (AvgIpc) is 2.33. The highest BCUT2D eigenvalue weighted by molar-refractivity contribution is 5.47. The Hall–Kier alpha value is -1.06. The number of rotatable bonds is 8. The van der Waals surface area contributed by atoms with Gasteiger partial charge in [0, 0.05) is 32.9 Å². The molecular weight excluding hydrogens is 212 g/mol. The van der Waals surface area contributed by atoms with Gasteiger partial charge in [-0.1, -0.05) is 12.1 Å². The van der Waals surface area contributed by atoms with Crippen LogP contribution in [0.5, 0.6) is 0 Å². The summed E-state index contributed by atoms with van der Waals surface area (Å²) in [7, 11) is 3.87. The zero-order valence-electron chi connectivity index (χ0n) is 11.2. The molecule has 0 fully saturated rings. The first kappa shape index (κ1) is 14.0. The Morgan fingerprint density at radius 2 is 2.12 bits per heavy atom. The minimum atomic E-state index is 0.785. The summed E-state index contributed by atoms with van der Waals surface area (Å²) in [6, 6.07) is 8.62. The van der Waals surface area contributed by atoms with E-state index in [1.165, 1.54) is 11.3 Å². The van der Waals surface area contributed by atoms with E-state index in [1.54, 1.807) is 7.11 Å². The van der Waals surface area contributed by atoms with E-state index < -0.39 is 0 Å². The van der Waals surface area contributed by atoms with Crippen LogP contribution < -0.4 is 10.2 Å². The summed E-state index contributed by atoms with van der Waals surface area (Å²) in [5.74, 6) is 0. The maximum Gasteiger partial charge on any atom is 0.0587 e. The number of nitrogens with zero attached hydrogens (tertiary/aromatic N) is 1. The third kappa shape index (κ3) is 5.71. The van der Waals surface area contributed by atoms with Crippen molar-refractivity contribution in [2.24, 2.45) is 0 Å². The first-order valence-corrected chi connectivity index (χ1v) is 6.21. The highest BCUT2D eigenvalue weighted by atomic mass is 16.5. The highest BCUT2D eigenvalue weighted by Gasteiger charge is 1.99. The van der Waals surface area contributed by atoms with E-state index in [2.05, 4.69) is 48.5 Å². The molecule has 0 spiro atoms. The van der Waals surface area contributed by atoms with Gasteiger partial charge in [0.1, 0.15) is 0 Å². The Labute approximate surface area is 105 Å². The monoisotopic (exact) mass is 236 g/mol. The number of hydrogen-bond acceptors (Lipinski definition) is 3. The topological polar surface area (TPSA) is 24.5 Å². The van der Waals surface area contributed by atoms with Crippen LogP contribution in [0.4, 0.5) is 5.69 Å². The van der Waals surface area contributed by atoms with E-state index in [0.29, 0.717) is 0 Å². The molecule has 0 atom stereocenters. The minimum Gasteiger partial charge on any atom is -0.383 e. The molecule has 0 aliphatic heterocycles. The maximum atomic E-state index is 4.98. The van der Waals surface area contributed by atoms with Gasteiger partial charge in [0.15, 0.2) is 0 Å². The molecule has 1 aromatic carbocycles. The molecule has 0 bridgehead atoms. The van der Waals surface area contributed by atoms with Crippen LogP contribution in [0.2, 0.25) is 0 Å². The van der Waals surface area contributed by atoms with Crippen LogP contribution in [0.15, 0.2) is 24.3 Å². The Bertz CT molecular complexity index is 315. The Kier molecular flexibility index (Phi) is 6.67. The third-order valence-electron chi connectivity index (χ3n) is 2.77. The van der Waals surface area contributed by atoms with Crippen LogP contribution in [0.3, 0.4) is 0 Å². The quantitative estimate of drug-likeness (QED) is 0.699. The summed E-state index contributed by atoms with van der Waals surface area (Å²) in [6.45, 7) is 5.96. The lowest BCUT2D eigenvalue weighted by molar-refractivity contribution is 0.199. The number of methoxy groups -OCH3 is 1. The predicted octanol–water partition coefficient (Wildman–Crippen LogP) is 2.06. The molecule has 1 aromatic rings. The molecule has 0 unspecified atom stereocenters. The van der Waals surface area contributed by atoms with Gasteiger partial charge >= 0.3 is 0 Å². The highest BCUT2D eigenvalue weighted by Crippen LogP contribution is 2.13. The van der Waals surface area contributed by atoms with Crippen molar-refractivity contribution in [3.8, 4) is 0 Å². The Balaban J connectivity index is 2.19. The van der Waals surface area contributed by atoms with E-state index in [1.807, 2.05) is 0 Å². The van der Waals surface area contributed by atoms with Gasteiger partial charge in [-0.3, -0.25) is 0 Å². The molecule has 0 heterocycles. The minimum absolute atomic E-state index is 0.785. The molecule has 3 nitrogen and oxygen atoms in total. The largest absolute Gasteiger partial charge is 0.383 e. The summed E-state index contributed by atoms with van der Waals surface area (Å²) in [6.07, 6.45) is 1.15. The van der Waals surface area contributed by atoms with E-state index >= 15 is 0 Å². The summed E-state index contributed by atoms with van der Waals surface area (Å²) in [5.41, 5.74) is 2.61. The molecule has 0 saturated carbocycles. The van der Waals surface area contributed by atoms with Gasteiger partial charge < -0.3 is 15.0 Å². The molecule has 0 aliphatic rings. The number of aryl methyl sites for hydroxylation is 1. The third-order valence-corrected chi connectivity index (χ3v) is 2.77. The van der Waals surface area contributed by atoms with Crippen LogP contribution >= 0.6 is 0 Å². The molecule has 17 heavy (non-hydrogen) atoms. The molecule has 0 radical (unpaired) electrons. The average molecular weight is 236 g/mol. The van der Waals surface area contributed by atoms with Crippen molar-refractivity contribution in [2.75, 3.05) is 45.3 Å². The van der Waals surface area contributed by atoms with Crippen molar-refractivity contribution < 1.29 is 4.74 Å². The lowest BCUT2D eigenvalue weighted by Crippen LogP contribution is -2.25. The number of anilines is 1. The Morgan fingerprint density at radius 3 is 2.82 bits per heavy atom. The second-order valence-corrected chi connectivity index (χ2v) is 4.36. The van der Waals surface area contributed by atoms with Crippen LogP contribution in [-0.2, 0) is 4.74 Å². The number of nitrogens with one attached hydrogen (secondary N) is 1. The summed E-state index contributed by atoms with van der Waals surface area (Å²) < 4.78 is 4.98. The van der Waals surface area contributed by atoms with Gasteiger partial charge in [-0.05, 0) is 37.6 Å². The van der Waals surface area contributed by atoms with Crippen molar-refractivity contribution in [1.29, 1.82) is 0 Å². The van der Waals surface area contributed by atoms with E-state index in [0.717, 1.165) is 32.7 Å². The zero-order chi connectivity index (χ0) is 12.5. The van der Waals surface area contributed by atoms with Crippen molar-refractivity contribution >= 4 is 5.69 Å². The summed E-state index contributed by atoms with van der Waals surface area (Å²) in [4.78, 5) is 2.30. The standard InChI is InChI=1S/C14H24N2O/c1-13-6-4-7-14(12-13)16(2)10-5-8-15-9-11-17-3/h4,6-7,12,15H,5,8-11H2,1-3H3. The summed E-state index contributed by atoms with van der Waals surface area (Å²) >= 11 is 0. The fraction of sp³-hybridized carbons (Fsp3) is 0.571. The van der Waals surface area contributed by atoms with E-state index in [9.17, 15) is 0 Å². The molecule has 96 valence electrons. The lowest BCUT2D eigenvalue weighted by Gasteiger charge is -2.19. The maximum absolute atomic E-state index is 4.98. The van der Waals surface area contributed by atoms with Crippen molar-refractivity contribution in [3.05, 3.63) is 29.8 Å². The van der Waals surface area contributed by atoms with Gasteiger partial charge in [-0.25, -0.2) is 0 Å². The van der Waals surface area contributed by atoms with Gasteiger partial charge in [0.2, 0.25) is 0 Å². The van der Waals surface area contributed by atoms with Crippen LogP contribution in [0.25, 0.3) is 0 Å². The lowest BCUT2D eigenvalue weighted by atomic mass is 10.2. The second-order valence-electron chi connectivity index (χ2n) is 4.36. The molecule has 0 aliphatic carbocycles. The fourth-order valence-electron chi connectivity index (χ4n) is 1.73. The fourth-order valence-corrected chi connectivity index (χ4v) is 1.73. The van der Waals surface area contributed by atoms with Crippen molar-refractivity contribution in [1.82, 2.24) is 5.32 Å². The van der Waals surface area contributed by atoms with Gasteiger partial charge in [-0.15, -0.1) is 0 Å². The van der Waals surface area contributed by atoms with Crippen LogP contribution in [0.1, 0.15) is 12.0 Å². The molecule has 0 amide bonds. The number of ether oxygens (including phenoxy) is 1. The molecular formula is C14H24N2O. The molecule has 1 N–H and O–H groups in total. The molecule has 0 saturated heterocycles. The number of benzene rings is 1.